The molecule has 0 bridgehead atoms. The standard InChI is InChI=1S/C20H23ClN2O5S/c1-2-28-12-4-11-22-20(25)15-5-3-6-17(13-15)23-19(24)14-29(26,27)18-9-7-16(21)8-10-18/h3,5-10,13H,2,4,11-12,14H2,1H3,(H,22,25)(H,23,24). The van der Waals surface area contributed by atoms with Gasteiger partial charge in [0.15, 0.2) is 9.84 Å². The molecule has 0 radical (unpaired) electrons. The second-order valence-corrected chi connectivity index (χ2v) is 8.57. The lowest BCUT2D eigenvalue weighted by Crippen LogP contribution is -2.26. The van der Waals surface area contributed by atoms with Crippen molar-refractivity contribution < 1.29 is 22.7 Å². The number of amides is 2. The average Bonchev–Trinajstić information content (AvgIpc) is 2.67. The van der Waals surface area contributed by atoms with E-state index in [1.165, 1.54) is 30.3 Å². The summed E-state index contributed by atoms with van der Waals surface area (Å²) < 4.78 is 29.9. The van der Waals surface area contributed by atoms with Gasteiger partial charge in [0.25, 0.3) is 5.91 Å². The molecule has 0 atom stereocenters. The number of carbonyl (C=O) groups is 2. The Morgan fingerprint density at radius 1 is 1.10 bits per heavy atom. The lowest BCUT2D eigenvalue weighted by Gasteiger charge is -2.09. The van der Waals surface area contributed by atoms with Crippen LogP contribution in [0.4, 0.5) is 5.69 Å². The molecular weight excluding hydrogens is 416 g/mol. The molecule has 2 amide bonds. The largest absolute Gasteiger partial charge is 0.382 e. The number of ether oxygens (including phenoxy) is 1. The van der Waals surface area contributed by atoms with Gasteiger partial charge in [0.1, 0.15) is 5.75 Å². The Kier molecular flexibility index (Phi) is 8.63. The Morgan fingerprint density at radius 2 is 1.83 bits per heavy atom. The van der Waals surface area contributed by atoms with Gasteiger partial charge in [-0.2, -0.15) is 0 Å². The molecule has 0 aliphatic heterocycles. The highest BCUT2D eigenvalue weighted by molar-refractivity contribution is 7.92. The van der Waals surface area contributed by atoms with E-state index in [1.807, 2.05) is 6.92 Å². The van der Waals surface area contributed by atoms with E-state index < -0.39 is 21.5 Å². The number of hydrogen-bond acceptors (Lipinski definition) is 5. The van der Waals surface area contributed by atoms with Crippen molar-refractivity contribution in [3.05, 3.63) is 59.1 Å². The minimum Gasteiger partial charge on any atom is -0.382 e. The van der Waals surface area contributed by atoms with E-state index >= 15 is 0 Å². The molecule has 7 nitrogen and oxygen atoms in total. The van der Waals surface area contributed by atoms with E-state index in [0.717, 1.165) is 0 Å². The molecule has 0 unspecified atom stereocenters. The molecule has 156 valence electrons. The van der Waals surface area contributed by atoms with Gasteiger partial charge < -0.3 is 15.4 Å². The molecule has 0 aliphatic rings. The lowest BCUT2D eigenvalue weighted by atomic mass is 10.2. The van der Waals surface area contributed by atoms with Crippen molar-refractivity contribution in [2.45, 2.75) is 18.2 Å². The van der Waals surface area contributed by atoms with Crippen molar-refractivity contribution in [3.8, 4) is 0 Å². The van der Waals surface area contributed by atoms with Gasteiger partial charge >= 0.3 is 0 Å². The Hall–Kier alpha value is -2.42. The summed E-state index contributed by atoms with van der Waals surface area (Å²) in [6, 6.07) is 11.9. The molecule has 0 heterocycles. The molecule has 2 rings (SSSR count). The first-order valence-electron chi connectivity index (χ1n) is 9.06. The van der Waals surface area contributed by atoms with Gasteiger partial charge in [-0.3, -0.25) is 9.59 Å². The third kappa shape index (κ3) is 7.49. The van der Waals surface area contributed by atoms with E-state index in [9.17, 15) is 18.0 Å². The minimum absolute atomic E-state index is 0.0113. The predicted octanol–water partition coefficient (Wildman–Crippen LogP) is 2.91. The van der Waals surface area contributed by atoms with Crippen LogP contribution in [0.15, 0.2) is 53.4 Å². The summed E-state index contributed by atoms with van der Waals surface area (Å²) in [5.74, 6) is -1.71. The molecule has 0 saturated carbocycles. The summed E-state index contributed by atoms with van der Waals surface area (Å²) in [5, 5.41) is 5.68. The first-order chi connectivity index (χ1) is 13.8. The van der Waals surface area contributed by atoms with Crippen molar-refractivity contribution in [1.29, 1.82) is 0 Å². The van der Waals surface area contributed by atoms with Gasteiger partial charge in [0.05, 0.1) is 4.90 Å². The van der Waals surface area contributed by atoms with Gasteiger partial charge in [-0.25, -0.2) is 8.42 Å². The summed E-state index contributed by atoms with van der Waals surface area (Å²) in [5.41, 5.74) is 0.697. The van der Waals surface area contributed by atoms with Crippen molar-refractivity contribution >= 4 is 38.9 Å². The fourth-order valence-electron chi connectivity index (χ4n) is 2.46. The Morgan fingerprint density at radius 3 is 2.52 bits per heavy atom. The van der Waals surface area contributed by atoms with Crippen LogP contribution in [0, 0.1) is 0 Å². The third-order valence-corrected chi connectivity index (χ3v) is 5.74. The maximum absolute atomic E-state index is 12.3. The minimum atomic E-state index is -3.80. The molecule has 9 heteroatoms. The fraction of sp³-hybridized carbons (Fsp3) is 0.300. The molecule has 0 aromatic heterocycles. The van der Waals surface area contributed by atoms with Crippen molar-refractivity contribution in [2.24, 2.45) is 0 Å². The molecule has 2 aromatic carbocycles. The number of anilines is 1. The number of rotatable bonds is 10. The van der Waals surface area contributed by atoms with E-state index in [1.54, 1.807) is 18.2 Å². The normalized spacial score (nSPS) is 11.1. The number of benzene rings is 2. The molecular formula is C20H23ClN2O5S. The van der Waals surface area contributed by atoms with Gasteiger partial charge in [0.2, 0.25) is 5.91 Å². The molecule has 0 spiro atoms. The molecule has 0 fully saturated rings. The average molecular weight is 439 g/mol. The Labute approximate surface area is 175 Å². The number of carbonyl (C=O) groups excluding carboxylic acids is 2. The molecule has 0 aliphatic carbocycles. The first kappa shape index (κ1) is 22.9. The highest BCUT2D eigenvalue weighted by atomic mass is 35.5. The summed E-state index contributed by atoms with van der Waals surface area (Å²) in [6.45, 7) is 3.56. The maximum Gasteiger partial charge on any atom is 0.251 e. The summed E-state index contributed by atoms with van der Waals surface area (Å²) >= 11 is 5.76. The van der Waals surface area contributed by atoms with Gasteiger partial charge in [-0.05, 0) is 55.8 Å². The SMILES string of the molecule is CCOCCCNC(=O)c1cccc(NC(=O)CS(=O)(=O)c2ccc(Cl)cc2)c1. The summed E-state index contributed by atoms with van der Waals surface area (Å²) in [7, 11) is -3.80. The lowest BCUT2D eigenvalue weighted by molar-refractivity contribution is -0.113. The van der Waals surface area contributed by atoms with Crippen molar-refractivity contribution in [2.75, 3.05) is 30.8 Å². The third-order valence-electron chi connectivity index (χ3n) is 3.86. The molecule has 29 heavy (non-hydrogen) atoms. The predicted molar refractivity (Wildman–Crippen MR) is 112 cm³/mol. The summed E-state index contributed by atoms with van der Waals surface area (Å²) in [4.78, 5) is 24.4. The second kappa shape index (κ2) is 10.9. The van der Waals surface area contributed by atoms with Gasteiger partial charge in [-0.15, -0.1) is 0 Å². The number of sulfone groups is 1. The zero-order chi connectivity index (χ0) is 21.3. The van der Waals surface area contributed by atoms with Crippen LogP contribution < -0.4 is 10.6 Å². The van der Waals surface area contributed by atoms with Crippen LogP contribution in [0.5, 0.6) is 0 Å². The maximum atomic E-state index is 12.3. The van der Waals surface area contributed by atoms with Crippen LogP contribution in [-0.2, 0) is 19.4 Å². The quantitative estimate of drug-likeness (QED) is 0.555. The highest BCUT2D eigenvalue weighted by Crippen LogP contribution is 2.16. The Bertz CT molecular complexity index is 946. The number of hydrogen-bond donors (Lipinski definition) is 2. The van der Waals surface area contributed by atoms with E-state index in [2.05, 4.69) is 10.6 Å². The number of halogens is 1. The smallest absolute Gasteiger partial charge is 0.251 e. The van der Waals surface area contributed by atoms with Crippen LogP contribution in [0.25, 0.3) is 0 Å². The number of nitrogens with one attached hydrogen (secondary N) is 2. The molecule has 0 saturated heterocycles. The zero-order valence-electron chi connectivity index (χ0n) is 16.0. The van der Waals surface area contributed by atoms with Crippen LogP contribution in [0.1, 0.15) is 23.7 Å². The van der Waals surface area contributed by atoms with Gasteiger partial charge in [0, 0.05) is 36.0 Å². The highest BCUT2D eigenvalue weighted by Gasteiger charge is 2.19. The fourth-order valence-corrected chi connectivity index (χ4v) is 3.72. The van der Waals surface area contributed by atoms with Crippen LogP contribution in [-0.4, -0.2) is 45.7 Å². The molecule has 2 N–H and O–H groups in total. The van der Waals surface area contributed by atoms with E-state index in [4.69, 9.17) is 16.3 Å². The van der Waals surface area contributed by atoms with E-state index in [-0.39, 0.29) is 10.8 Å². The molecule has 2 aromatic rings. The van der Waals surface area contributed by atoms with E-state index in [0.29, 0.717) is 42.5 Å². The van der Waals surface area contributed by atoms with Gasteiger partial charge in [-0.1, -0.05) is 17.7 Å². The second-order valence-electron chi connectivity index (χ2n) is 6.15. The van der Waals surface area contributed by atoms with Crippen LogP contribution in [0.2, 0.25) is 5.02 Å². The van der Waals surface area contributed by atoms with Crippen molar-refractivity contribution in [3.63, 3.8) is 0 Å². The van der Waals surface area contributed by atoms with Crippen LogP contribution in [0.3, 0.4) is 0 Å². The zero-order valence-corrected chi connectivity index (χ0v) is 17.6. The van der Waals surface area contributed by atoms with Crippen LogP contribution >= 0.6 is 11.6 Å². The Balaban J connectivity index is 1.94. The monoisotopic (exact) mass is 438 g/mol. The first-order valence-corrected chi connectivity index (χ1v) is 11.1. The topological polar surface area (TPSA) is 102 Å². The summed E-state index contributed by atoms with van der Waals surface area (Å²) in [6.07, 6.45) is 0.693. The van der Waals surface area contributed by atoms with Crippen molar-refractivity contribution in [1.82, 2.24) is 5.32 Å².